The predicted molar refractivity (Wildman–Crippen MR) is 95.1 cm³/mol. The Kier molecular flexibility index (Phi) is 7.45. The molecule has 0 saturated carbocycles. The molecule has 0 bridgehead atoms. The van der Waals surface area contributed by atoms with E-state index in [1.807, 2.05) is 0 Å². The second-order valence-corrected chi connectivity index (χ2v) is 7.30. The first-order valence-electron chi connectivity index (χ1n) is 7.54. The van der Waals surface area contributed by atoms with Gasteiger partial charge in [-0.2, -0.15) is 0 Å². The number of nitrogens with zero attached hydrogens (tertiary/aromatic N) is 1. The standard InChI is InChI=1S/C18H27BrN2/c1-6-10-21(11-7-2)14-16-9-8-15(12-17(16)19)13-20-18(3,4)5/h1,8-9,12,20H,7,10-11,13-14H2,2-5H3. The molecule has 0 aromatic heterocycles. The largest absolute Gasteiger partial charge is 0.308 e. The Balaban J connectivity index is 2.71. The third kappa shape index (κ3) is 7.13. The first-order valence-corrected chi connectivity index (χ1v) is 8.33. The summed E-state index contributed by atoms with van der Waals surface area (Å²) in [7, 11) is 0. The van der Waals surface area contributed by atoms with E-state index in [2.05, 4.69) is 78.0 Å². The molecule has 1 N–H and O–H groups in total. The van der Waals surface area contributed by atoms with Gasteiger partial charge < -0.3 is 5.32 Å². The fourth-order valence-electron chi connectivity index (χ4n) is 2.10. The van der Waals surface area contributed by atoms with Gasteiger partial charge in [0.1, 0.15) is 0 Å². The van der Waals surface area contributed by atoms with E-state index in [0.29, 0.717) is 6.54 Å². The Morgan fingerprint density at radius 3 is 2.57 bits per heavy atom. The molecule has 0 atom stereocenters. The van der Waals surface area contributed by atoms with Crippen LogP contribution in [0.3, 0.4) is 0 Å². The molecule has 0 heterocycles. The number of hydrogen-bond donors (Lipinski definition) is 1. The number of benzene rings is 1. The summed E-state index contributed by atoms with van der Waals surface area (Å²) in [4.78, 5) is 2.30. The highest BCUT2D eigenvalue weighted by Gasteiger charge is 2.10. The predicted octanol–water partition coefficient (Wildman–Crippen LogP) is 4.18. The molecule has 0 aliphatic carbocycles. The van der Waals surface area contributed by atoms with E-state index in [9.17, 15) is 0 Å². The van der Waals surface area contributed by atoms with Crippen molar-refractivity contribution >= 4 is 15.9 Å². The topological polar surface area (TPSA) is 15.3 Å². The van der Waals surface area contributed by atoms with Gasteiger partial charge in [-0.15, -0.1) is 6.42 Å². The average molecular weight is 351 g/mol. The molecule has 0 aliphatic heterocycles. The maximum Gasteiger partial charge on any atom is 0.0601 e. The van der Waals surface area contributed by atoms with Gasteiger partial charge in [0.2, 0.25) is 0 Å². The lowest BCUT2D eigenvalue weighted by atomic mass is 10.1. The number of terminal acetylenes is 1. The van der Waals surface area contributed by atoms with Crippen LogP contribution in [-0.2, 0) is 13.1 Å². The maximum absolute atomic E-state index is 5.44. The molecule has 1 aromatic carbocycles. The molecule has 0 fully saturated rings. The van der Waals surface area contributed by atoms with Gasteiger partial charge in [-0.25, -0.2) is 0 Å². The molecular weight excluding hydrogens is 324 g/mol. The Hall–Kier alpha value is -0.820. The Labute approximate surface area is 138 Å². The second-order valence-electron chi connectivity index (χ2n) is 6.44. The van der Waals surface area contributed by atoms with Gasteiger partial charge in [0, 0.05) is 23.1 Å². The van der Waals surface area contributed by atoms with Crippen molar-refractivity contribution in [1.82, 2.24) is 10.2 Å². The minimum absolute atomic E-state index is 0.135. The summed E-state index contributed by atoms with van der Waals surface area (Å²) in [5.74, 6) is 2.74. The summed E-state index contributed by atoms with van der Waals surface area (Å²) in [6.07, 6.45) is 6.56. The maximum atomic E-state index is 5.44. The lowest BCUT2D eigenvalue weighted by Gasteiger charge is -2.22. The number of hydrogen-bond acceptors (Lipinski definition) is 2. The molecule has 3 heteroatoms. The van der Waals surface area contributed by atoms with Gasteiger partial charge in [0.25, 0.3) is 0 Å². The minimum atomic E-state index is 0.135. The lowest BCUT2D eigenvalue weighted by Crippen LogP contribution is -2.35. The van der Waals surface area contributed by atoms with E-state index in [-0.39, 0.29) is 5.54 Å². The summed E-state index contributed by atoms with van der Waals surface area (Å²) in [5, 5.41) is 3.51. The van der Waals surface area contributed by atoms with E-state index in [4.69, 9.17) is 6.42 Å². The average Bonchev–Trinajstić information content (AvgIpc) is 2.39. The van der Waals surface area contributed by atoms with Crippen LogP contribution >= 0.6 is 15.9 Å². The van der Waals surface area contributed by atoms with Crippen LogP contribution in [0.25, 0.3) is 0 Å². The van der Waals surface area contributed by atoms with Gasteiger partial charge in [0.05, 0.1) is 6.54 Å². The molecule has 0 aliphatic rings. The molecule has 0 spiro atoms. The zero-order valence-electron chi connectivity index (χ0n) is 13.7. The van der Waals surface area contributed by atoms with E-state index in [1.54, 1.807) is 0 Å². The van der Waals surface area contributed by atoms with Gasteiger partial charge in [-0.05, 0) is 50.9 Å². The van der Waals surface area contributed by atoms with Gasteiger partial charge >= 0.3 is 0 Å². The second kappa shape index (κ2) is 8.58. The summed E-state index contributed by atoms with van der Waals surface area (Å²) in [6, 6.07) is 6.59. The Bertz CT molecular complexity index is 483. The van der Waals surface area contributed by atoms with Crippen molar-refractivity contribution in [2.75, 3.05) is 13.1 Å². The van der Waals surface area contributed by atoms with Crippen LogP contribution in [0.1, 0.15) is 45.2 Å². The molecule has 0 saturated heterocycles. The fraction of sp³-hybridized carbons (Fsp3) is 0.556. The smallest absolute Gasteiger partial charge is 0.0601 e. The third-order valence-corrected chi connectivity index (χ3v) is 3.93. The van der Waals surface area contributed by atoms with Crippen molar-refractivity contribution < 1.29 is 0 Å². The highest BCUT2D eigenvalue weighted by atomic mass is 79.9. The van der Waals surface area contributed by atoms with Crippen LogP contribution in [0.5, 0.6) is 0 Å². The van der Waals surface area contributed by atoms with Crippen molar-refractivity contribution in [3.63, 3.8) is 0 Å². The monoisotopic (exact) mass is 350 g/mol. The number of rotatable bonds is 7. The quantitative estimate of drug-likeness (QED) is 0.742. The Morgan fingerprint density at radius 1 is 1.33 bits per heavy atom. The van der Waals surface area contributed by atoms with Crippen molar-refractivity contribution in [3.8, 4) is 12.3 Å². The van der Waals surface area contributed by atoms with Crippen molar-refractivity contribution in [2.45, 2.75) is 52.7 Å². The Morgan fingerprint density at radius 2 is 2.05 bits per heavy atom. The van der Waals surface area contributed by atoms with Crippen LogP contribution < -0.4 is 5.32 Å². The van der Waals surface area contributed by atoms with Gasteiger partial charge in [0.15, 0.2) is 0 Å². The first-order chi connectivity index (χ1) is 9.85. The van der Waals surface area contributed by atoms with Gasteiger partial charge in [-0.3, -0.25) is 4.90 Å². The van der Waals surface area contributed by atoms with Crippen LogP contribution in [-0.4, -0.2) is 23.5 Å². The van der Waals surface area contributed by atoms with Crippen molar-refractivity contribution in [2.24, 2.45) is 0 Å². The summed E-state index contributed by atoms with van der Waals surface area (Å²) < 4.78 is 1.16. The van der Waals surface area contributed by atoms with Crippen molar-refractivity contribution in [1.29, 1.82) is 0 Å². The molecule has 0 unspecified atom stereocenters. The fourth-order valence-corrected chi connectivity index (χ4v) is 2.65. The first kappa shape index (κ1) is 18.2. The summed E-state index contributed by atoms with van der Waals surface area (Å²) >= 11 is 3.69. The highest BCUT2D eigenvalue weighted by Crippen LogP contribution is 2.21. The van der Waals surface area contributed by atoms with Gasteiger partial charge in [-0.1, -0.05) is 40.9 Å². The molecular formula is C18H27BrN2. The lowest BCUT2D eigenvalue weighted by molar-refractivity contribution is 0.299. The van der Waals surface area contributed by atoms with Crippen LogP contribution in [0.4, 0.5) is 0 Å². The molecule has 21 heavy (non-hydrogen) atoms. The zero-order valence-corrected chi connectivity index (χ0v) is 15.3. The normalized spacial score (nSPS) is 11.7. The van der Waals surface area contributed by atoms with E-state index < -0.39 is 0 Å². The number of halogens is 1. The summed E-state index contributed by atoms with van der Waals surface area (Å²) in [6.45, 7) is 12.2. The zero-order chi connectivity index (χ0) is 15.9. The molecule has 0 radical (unpaired) electrons. The number of nitrogens with one attached hydrogen (secondary N) is 1. The summed E-state index contributed by atoms with van der Waals surface area (Å²) in [5.41, 5.74) is 2.72. The molecule has 2 nitrogen and oxygen atoms in total. The van der Waals surface area contributed by atoms with Crippen molar-refractivity contribution in [3.05, 3.63) is 33.8 Å². The third-order valence-electron chi connectivity index (χ3n) is 3.19. The highest BCUT2D eigenvalue weighted by molar-refractivity contribution is 9.10. The molecule has 1 rings (SSSR count). The molecule has 1 aromatic rings. The van der Waals surface area contributed by atoms with E-state index >= 15 is 0 Å². The van der Waals surface area contributed by atoms with Crippen LogP contribution in [0.2, 0.25) is 0 Å². The van der Waals surface area contributed by atoms with Crippen LogP contribution in [0.15, 0.2) is 22.7 Å². The molecule has 0 amide bonds. The van der Waals surface area contributed by atoms with E-state index in [0.717, 1.165) is 30.5 Å². The van der Waals surface area contributed by atoms with E-state index in [1.165, 1.54) is 11.1 Å². The minimum Gasteiger partial charge on any atom is -0.308 e. The molecule has 116 valence electrons. The SMILES string of the molecule is C#CCN(CCC)Cc1ccc(CNC(C)(C)C)cc1Br. The van der Waals surface area contributed by atoms with Crippen LogP contribution in [0, 0.1) is 12.3 Å².